The summed E-state index contributed by atoms with van der Waals surface area (Å²) in [7, 11) is 0. The first kappa shape index (κ1) is 10.8. The third-order valence-electron chi connectivity index (χ3n) is 2.35. The molecule has 1 rings (SSSR count). The van der Waals surface area contributed by atoms with Crippen LogP contribution in [0.25, 0.3) is 0 Å². The summed E-state index contributed by atoms with van der Waals surface area (Å²) in [4.78, 5) is 2.20. The summed E-state index contributed by atoms with van der Waals surface area (Å²) in [5.74, 6) is 0. The molecule has 0 bridgehead atoms. The molecular weight excluding hydrogens is 174 g/mol. The smallest absolute Gasteiger partial charge is 0.0640 e. The Kier molecular flexibility index (Phi) is 4.21. The van der Waals surface area contributed by atoms with Crippen molar-refractivity contribution in [3.05, 3.63) is 23.9 Å². The van der Waals surface area contributed by atoms with Gasteiger partial charge < -0.3 is 10.6 Å². The molecule has 0 heterocycles. The van der Waals surface area contributed by atoms with E-state index in [4.69, 9.17) is 11.0 Å². The minimum atomic E-state index is 0.161. The van der Waals surface area contributed by atoms with Crippen LogP contribution in [0.4, 0.5) is 0 Å². The predicted molar refractivity (Wildman–Crippen MR) is 57.3 cm³/mol. The molecule has 1 aliphatic carbocycles. The Morgan fingerprint density at radius 1 is 1.71 bits per heavy atom. The lowest BCUT2D eigenvalue weighted by Gasteiger charge is -2.25. The van der Waals surface area contributed by atoms with Gasteiger partial charge in [0, 0.05) is 24.8 Å². The molecule has 1 atom stereocenters. The summed E-state index contributed by atoms with van der Waals surface area (Å²) in [5, 5.41) is 8.52. The van der Waals surface area contributed by atoms with Gasteiger partial charge in [0.05, 0.1) is 12.5 Å². The van der Waals surface area contributed by atoms with Crippen LogP contribution in [0.1, 0.15) is 19.8 Å². The van der Waals surface area contributed by atoms with Crippen molar-refractivity contribution in [2.75, 3.05) is 13.1 Å². The monoisotopic (exact) mass is 191 g/mol. The largest absolute Gasteiger partial charge is 0.371 e. The van der Waals surface area contributed by atoms with Crippen LogP contribution in [0.15, 0.2) is 23.9 Å². The van der Waals surface area contributed by atoms with E-state index in [-0.39, 0.29) is 6.04 Å². The predicted octanol–water partition coefficient (Wildman–Crippen LogP) is 1.39. The number of nitrogens with zero attached hydrogens (tertiary/aromatic N) is 2. The van der Waals surface area contributed by atoms with Crippen molar-refractivity contribution in [2.45, 2.75) is 25.8 Å². The molecule has 0 aromatic rings. The lowest BCUT2D eigenvalue weighted by atomic mass is 10.1. The molecule has 3 heteroatoms. The highest BCUT2D eigenvalue weighted by Crippen LogP contribution is 2.13. The number of nitrogens with two attached hydrogens (primary N) is 1. The van der Waals surface area contributed by atoms with Crippen LogP contribution in [0.5, 0.6) is 0 Å². The Balaban J connectivity index is 2.54. The van der Waals surface area contributed by atoms with E-state index in [0.29, 0.717) is 6.42 Å². The quantitative estimate of drug-likeness (QED) is 0.730. The second kappa shape index (κ2) is 5.46. The second-order valence-corrected chi connectivity index (χ2v) is 3.38. The number of likely N-dealkylation sites (N-methyl/N-ethyl adjacent to an activating group) is 1. The summed E-state index contributed by atoms with van der Waals surface area (Å²) in [6.07, 6.45) is 7.69. The molecule has 0 saturated carbocycles. The Morgan fingerprint density at radius 2 is 2.50 bits per heavy atom. The van der Waals surface area contributed by atoms with E-state index in [1.54, 1.807) is 0 Å². The number of nitriles is 1. The minimum Gasteiger partial charge on any atom is -0.371 e. The van der Waals surface area contributed by atoms with Gasteiger partial charge in [-0.15, -0.1) is 0 Å². The number of hydrogen-bond acceptors (Lipinski definition) is 3. The first-order chi connectivity index (χ1) is 6.77. The summed E-state index contributed by atoms with van der Waals surface area (Å²) in [6.45, 7) is 3.84. The molecule has 1 unspecified atom stereocenters. The average Bonchev–Trinajstić information content (AvgIpc) is 2.21. The highest BCUT2D eigenvalue weighted by Gasteiger charge is 2.08. The van der Waals surface area contributed by atoms with E-state index in [0.717, 1.165) is 19.5 Å². The van der Waals surface area contributed by atoms with Crippen molar-refractivity contribution < 1.29 is 0 Å². The highest BCUT2D eigenvalue weighted by molar-refractivity contribution is 5.24. The van der Waals surface area contributed by atoms with E-state index < -0.39 is 0 Å². The van der Waals surface area contributed by atoms with Crippen molar-refractivity contribution in [3.8, 4) is 6.07 Å². The van der Waals surface area contributed by atoms with Gasteiger partial charge in [-0.05, 0) is 19.4 Å². The Labute approximate surface area is 85.5 Å². The van der Waals surface area contributed by atoms with E-state index in [1.807, 2.05) is 6.08 Å². The van der Waals surface area contributed by atoms with Gasteiger partial charge in [-0.3, -0.25) is 0 Å². The van der Waals surface area contributed by atoms with Crippen molar-refractivity contribution in [3.63, 3.8) is 0 Å². The zero-order valence-electron chi connectivity index (χ0n) is 8.61. The molecule has 0 aromatic heterocycles. The van der Waals surface area contributed by atoms with Crippen LogP contribution in [0.3, 0.4) is 0 Å². The molecule has 0 aromatic carbocycles. The summed E-state index contributed by atoms with van der Waals surface area (Å²) < 4.78 is 0. The third-order valence-corrected chi connectivity index (χ3v) is 2.35. The summed E-state index contributed by atoms with van der Waals surface area (Å²) >= 11 is 0. The number of allylic oxidation sites excluding steroid dienone is 1. The van der Waals surface area contributed by atoms with Crippen LogP contribution in [0, 0.1) is 11.3 Å². The molecule has 3 nitrogen and oxygen atoms in total. The van der Waals surface area contributed by atoms with Gasteiger partial charge in [0.2, 0.25) is 0 Å². The van der Waals surface area contributed by atoms with Crippen LogP contribution in [-0.2, 0) is 0 Å². The van der Waals surface area contributed by atoms with Crippen LogP contribution >= 0.6 is 0 Å². The molecule has 0 saturated heterocycles. The maximum Gasteiger partial charge on any atom is 0.0640 e. The van der Waals surface area contributed by atoms with Crippen molar-refractivity contribution in [2.24, 2.45) is 5.73 Å². The lowest BCUT2D eigenvalue weighted by molar-refractivity contribution is 0.378. The zero-order valence-corrected chi connectivity index (χ0v) is 8.61. The molecule has 0 aliphatic heterocycles. The standard InChI is InChI=1S/C11H17N3/c1-2-14(9-3-8-12)11-6-4-10(13)5-7-11/h4,6-7,10H,2-3,5,9,13H2,1H3. The van der Waals surface area contributed by atoms with Gasteiger partial charge in [-0.25, -0.2) is 0 Å². The van der Waals surface area contributed by atoms with E-state index >= 15 is 0 Å². The summed E-state index contributed by atoms with van der Waals surface area (Å²) in [5.41, 5.74) is 6.93. The minimum absolute atomic E-state index is 0.161. The fraction of sp³-hybridized carbons (Fsp3) is 0.545. The van der Waals surface area contributed by atoms with Gasteiger partial charge in [0.15, 0.2) is 0 Å². The molecule has 2 N–H and O–H groups in total. The van der Waals surface area contributed by atoms with Gasteiger partial charge >= 0.3 is 0 Å². The zero-order chi connectivity index (χ0) is 10.4. The molecule has 76 valence electrons. The Hall–Kier alpha value is -1.27. The molecule has 0 fully saturated rings. The van der Waals surface area contributed by atoms with Gasteiger partial charge in [-0.2, -0.15) is 5.26 Å². The summed E-state index contributed by atoms with van der Waals surface area (Å²) in [6, 6.07) is 2.32. The maximum absolute atomic E-state index is 8.52. The van der Waals surface area contributed by atoms with Crippen molar-refractivity contribution in [1.82, 2.24) is 4.90 Å². The highest BCUT2D eigenvalue weighted by atomic mass is 15.1. The van der Waals surface area contributed by atoms with Crippen LogP contribution < -0.4 is 5.73 Å². The first-order valence-corrected chi connectivity index (χ1v) is 5.03. The first-order valence-electron chi connectivity index (χ1n) is 5.03. The SMILES string of the molecule is CCN(CCC#N)C1=CCC(N)C=C1. The van der Waals surface area contributed by atoms with Crippen LogP contribution in [-0.4, -0.2) is 24.0 Å². The average molecular weight is 191 g/mol. The fourth-order valence-electron chi connectivity index (χ4n) is 1.51. The second-order valence-electron chi connectivity index (χ2n) is 3.38. The molecular formula is C11H17N3. The van der Waals surface area contributed by atoms with Gasteiger partial charge in [-0.1, -0.05) is 12.2 Å². The third kappa shape index (κ3) is 2.90. The molecule has 1 aliphatic rings. The maximum atomic E-state index is 8.52. The number of rotatable bonds is 4. The van der Waals surface area contributed by atoms with Crippen molar-refractivity contribution in [1.29, 1.82) is 5.26 Å². The molecule has 14 heavy (non-hydrogen) atoms. The molecule has 0 amide bonds. The topological polar surface area (TPSA) is 53.0 Å². The Morgan fingerprint density at radius 3 is 3.00 bits per heavy atom. The van der Waals surface area contributed by atoms with Crippen LogP contribution in [0.2, 0.25) is 0 Å². The lowest BCUT2D eigenvalue weighted by Crippen LogP contribution is -2.26. The Bertz CT molecular complexity index is 273. The normalized spacial score (nSPS) is 20.1. The van der Waals surface area contributed by atoms with E-state index in [9.17, 15) is 0 Å². The van der Waals surface area contributed by atoms with E-state index in [2.05, 4.69) is 30.0 Å². The number of hydrogen-bond donors (Lipinski definition) is 1. The molecule has 0 spiro atoms. The van der Waals surface area contributed by atoms with Gasteiger partial charge in [0.1, 0.15) is 0 Å². The van der Waals surface area contributed by atoms with E-state index in [1.165, 1.54) is 5.70 Å². The fourth-order valence-corrected chi connectivity index (χ4v) is 1.51. The van der Waals surface area contributed by atoms with Gasteiger partial charge in [0.25, 0.3) is 0 Å². The molecule has 0 radical (unpaired) electrons. The van der Waals surface area contributed by atoms with Crippen molar-refractivity contribution >= 4 is 0 Å².